The normalized spacial score (nSPS) is 11.2. The summed E-state index contributed by atoms with van der Waals surface area (Å²) in [4.78, 5) is 17.5. The van der Waals surface area contributed by atoms with Gasteiger partial charge in [-0.25, -0.2) is 17.8 Å². The van der Waals surface area contributed by atoms with Crippen molar-refractivity contribution in [2.24, 2.45) is 0 Å². The van der Waals surface area contributed by atoms with Crippen LogP contribution < -0.4 is 15.6 Å². The smallest absolute Gasteiger partial charge is 0.295 e. The second-order valence-corrected chi connectivity index (χ2v) is 6.17. The molecule has 0 aliphatic carbocycles. The molecule has 2 N–H and O–H groups in total. The average Bonchev–Trinajstić information content (AvgIpc) is 2.40. The highest BCUT2D eigenvalue weighted by Gasteiger charge is 2.14. The molecular weight excluding hydrogens is 301 g/mol. The van der Waals surface area contributed by atoms with Crippen molar-refractivity contribution >= 4 is 21.3 Å². The second kappa shape index (κ2) is 5.52. The standard InChI is InChI=1S/C12H12FN3O4S/c1-20-10-11(14-6-15-12(10)17)16-9-4-3-7(5-8(9)13)21(2,18)19/h3-6H,1-2H3,(H2,14,15,16,17). The van der Waals surface area contributed by atoms with Gasteiger partial charge in [0.25, 0.3) is 5.56 Å². The van der Waals surface area contributed by atoms with Gasteiger partial charge in [-0.3, -0.25) is 4.79 Å². The van der Waals surface area contributed by atoms with E-state index in [2.05, 4.69) is 15.3 Å². The van der Waals surface area contributed by atoms with Gasteiger partial charge in [0.1, 0.15) is 5.82 Å². The Bertz CT molecular complexity index is 833. The zero-order valence-electron chi connectivity index (χ0n) is 11.2. The lowest BCUT2D eigenvalue weighted by molar-refractivity contribution is 0.408. The number of sulfone groups is 1. The number of ether oxygens (including phenoxy) is 1. The zero-order valence-corrected chi connectivity index (χ0v) is 12.0. The van der Waals surface area contributed by atoms with Gasteiger partial charge in [-0.15, -0.1) is 0 Å². The van der Waals surface area contributed by atoms with Gasteiger partial charge < -0.3 is 15.0 Å². The lowest BCUT2D eigenvalue weighted by Gasteiger charge is -2.10. The molecule has 2 aromatic rings. The van der Waals surface area contributed by atoms with E-state index in [0.29, 0.717) is 0 Å². The summed E-state index contributed by atoms with van der Waals surface area (Å²) in [6.45, 7) is 0. The van der Waals surface area contributed by atoms with Crippen LogP contribution in [0.3, 0.4) is 0 Å². The van der Waals surface area contributed by atoms with Crippen LogP contribution in [0.2, 0.25) is 0 Å². The Kier molecular flexibility index (Phi) is 3.94. The molecule has 1 aromatic carbocycles. The van der Waals surface area contributed by atoms with Crippen molar-refractivity contribution in [1.29, 1.82) is 0 Å². The molecule has 0 unspecified atom stereocenters. The first-order chi connectivity index (χ1) is 9.82. The molecule has 7 nitrogen and oxygen atoms in total. The van der Waals surface area contributed by atoms with Gasteiger partial charge in [-0.1, -0.05) is 0 Å². The van der Waals surface area contributed by atoms with Crippen molar-refractivity contribution in [2.75, 3.05) is 18.7 Å². The Morgan fingerprint density at radius 1 is 1.38 bits per heavy atom. The molecule has 9 heteroatoms. The van der Waals surface area contributed by atoms with Crippen LogP contribution in [0.4, 0.5) is 15.9 Å². The molecule has 0 aliphatic rings. The van der Waals surface area contributed by atoms with Gasteiger partial charge >= 0.3 is 0 Å². The average molecular weight is 313 g/mol. The Labute approximate surface area is 119 Å². The number of benzene rings is 1. The van der Waals surface area contributed by atoms with Gasteiger partial charge in [0.2, 0.25) is 5.75 Å². The van der Waals surface area contributed by atoms with Crippen molar-refractivity contribution in [3.63, 3.8) is 0 Å². The molecule has 1 heterocycles. The summed E-state index contributed by atoms with van der Waals surface area (Å²) < 4.78 is 41.5. The topological polar surface area (TPSA) is 101 Å². The first kappa shape index (κ1) is 15.0. The lowest BCUT2D eigenvalue weighted by atomic mass is 10.3. The van der Waals surface area contributed by atoms with E-state index in [0.717, 1.165) is 18.6 Å². The van der Waals surface area contributed by atoms with E-state index in [1.807, 2.05) is 0 Å². The fraction of sp³-hybridized carbons (Fsp3) is 0.167. The summed E-state index contributed by atoms with van der Waals surface area (Å²) in [5.74, 6) is -0.876. The van der Waals surface area contributed by atoms with E-state index in [1.165, 1.54) is 19.2 Å². The Hall–Kier alpha value is -2.42. The molecule has 0 atom stereocenters. The van der Waals surface area contributed by atoms with Crippen molar-refractivity contribution in [1.82, 2.24) is 9.97 Å². The molecule has 0 saturated heterocycles. The largest absolute Gasteiger partial charge is 0.489 e. The molecule has 0 aliphatic heterocycles. The maximum atomic E-state index is 13.9. The molecule has 0 fully saturated rings. The second-order valence-electron chi connectivity index (χ2n) is 4.15. The Morgan fingerprint density at radius 2 is 2.10 bits per heavy atom. The van der Waals surface area contributed by atoms with E-state index in [1.54, 1.807) is 0 Å². The van der Waals surface area contributed by atoms with Crippen LogP contribution in [0.5, 0.6) is 5.75 Å². The van der Waals surface area contributed by atoms with Crippen LogP contribution in [0.15, 0.2) is 34.2 Å². The minimum atomic E-state index is -3.50. The number of nitrogens with one attached hydrogen (secondary N) is 2. The third kappa shape index (κ3) is 3.19. The molecule has 0 bridgehead atoms. The van der Waals surface area contributed by atoms with Gasteiger partial charge in [-0.2, -0.15) is 0 Å². The van der Waals surface area contributed by atoms with E-state index in [9.17, 15) is 17.6 Å². The molecule has 2 rings (SSSR count). The van der Waals surface area contributed by atoms with Crippen molar-refractivity contribution in [3.8, 4) is 5.75 Å². The van der Waals surface area contributed by atoms with Gasteiger partial charge in [0, 0.05) is 6.26 Å². The highest BCUT2D eigenvalue weighted by Crippen LogP contribution is 2.25. The lowest BCUT2D eigenvalue weighted by Crippen LogP contribution is -2.12. The van der Waals surface area contributed by atoms with Crippen LogP contribution >= 0.6 is 0 Å². The van der Waals surface area contributed by atoms with E-state index >= 15 is 0 Å². The van der Waals surface area contributed by atoms with Gasteiger partial charge in [0.15, 0.2) is 15.7 Å². The SMILES string of the molecule is COc1c(Nc2ccc(S(C)(=O)=O)cc2F)nc[nH]c1=O. The number of nitrogens with zero attached hydrogens (tertiary/aromatic N) is 1. The van der Waals surface area contributed by atoms with E-state index in [4.69, 9.17) is 4.74 Å². The molecule has 0 spiro atoms. The van der Waals surface area contributed by atoms with E-state index in [-0.39, 0.29) is 22.2 Å². The zero-order chi connectivity index (χ0) is 15.6. The van der Waals surface area contributed by atoms with Crippen molar-refractivity contribution in [3.05, 3.63) is 40.7 Å². The van der Waals surface area contributed by atoms with Crippen LogP contribution in [0.25, 0.3) is 0 Å². The number of rotatable bonds is 4. The predicted octanol–water partition coefficient (Wildman–Crippen LogP) is 1.06. The molecule has 0 amide bonds. The predicted molar refractivity (Wildman–Crippen MR) is 74.2 cm³/mol. The van der Waals surface area contributed by atoms with Crippen molar-refractivity contribution in [2.45, 2.75) is 4.90 Å². The number of aromatic nitrogens is 2. The summed E-state index contributed by atoms with van der Waals surface area (Å²) in [5, 5.41) is 2.59. The fourth-order valence-corrected chi connectivity index (χ4v) is 2.25. The number of aromatic amines is 1. The molecule has 0 radical (unpaired) electrons. The Morgan fingerprint density at radius 3 is 2.67 bits per heavy atom. The molecule has 112 valence electrons. The summed E-state index contributed by atoms with van der Waals surface area (Å²) >= 11 is 0. The highest BCUT2D eigenvalue weighted by atomic mass is 32.2. The molecule has 21 heavy (non-hydrogen) atoms. The molecular formula is C12H12FN3O4S. The summed E-state index contributed by atoms with van der Waals surface area (Å²) in [7, 11) is -2.22. The Balaban J connectivity index is 2.42. The van der Waals surface area contributed by atoms with E-state index < -0.39 is 21.2 Å². The number of halogens is 1. The number of hydrogen-bond donors (Lipinski definition) is 2. The minimum absolute atomic E-state index is 0.0206. The molecule has 0 saturated carbocycles. The number of anilines is 2. The third-order valence-electron chi connectivity index (χ3n) is 2.64. The van der Waals surface area contributed by atoms with Crippen LogP contribution in [0.1, 0.15) is 0 Å². The third-order valence-corrected chi connectivity index (χ3v) is 3.75. The fourth-order valence-electron chi connectivity index (χ4n) is 1.62. The summed E-state index contributed by atoms with van der Waals surface area (Å²) in [6, 6.07) is 3.38. The number of hydrogen-bond acceptors (Lipinski definition) is 6. The monoisotopic (exact) mass is 313 g/mol. The van der Waals surface area contributed by atoms with Gasteiger partial charge in [0.05, 0.1) is 24.0 Å². The number of H-pyrrole nitrogens is 1. The first-order valence-electron chi connectivity index (χ1n) is 5.71. The maximum absolute atomic E-state index is 13.9. The summed E-state index contributed by atoms with van der Waals surface area (Å²) in [6.07, 6.45) is 2.12. The van der Waals surface area contributed by atoms with Crippen LogP contribution in [0, 0.1) is 5.82 Å². The van der Waals surface area contributed by atoms with Gasteiger partial charge in [-0.05, 0) is 18.2 Å². The summed E-state index contributed by atoms with van der Waals surface area (Å²) in [5.41, 5.74) is -0.554. The minimum Gasteiger partial charge on any atom is -0.489 e. The first-order valence-corrected chi connectivity index (χ1v) is 7.60. The van der Waals surface area contributed by atoms with Crippen LogP contribution in [-0.4, -0.2) is 31.8 Å². The van der Waals surface area contributed by atoms with Crippen molar-refractivity contribution < 1.29 is 17.5 Å². The van der Waals surface area contributed by atoms with Crippen LogP contribution in [-0.2, 0) is 9.84 Å². The quantitative estimate of drug-likeness (QED) is 0.875. The highest BCUT2D eigenvalue weighted by molar-refractivity contribution is 7.90. The number of methoxy groups -OCH3 is 1. The maximum Gasteiger partial charge on any atom is 0.295 e. The molecule has 1 aromatic heterocycles.